The molecule has 0 saturated heterocycles. The summed E-state index contributed by atoms with van der Waals surface area (Å²) in [5, 5.41) is 0. The number of nitrogens with one attached hydrogen (secondary N) is 2. The van der Waals surface area contributed by atoms with Gasteiger partial charge in [-0.25, -0.2) is 21.6 Å². The smallest absolute Gasteiger partial charge is 0.262 e. The normalized spacial score (nSPS) is 16.1. The highest BCUT2D eigenvalue weighted by atomic mass is 32.2. The fourth-order valence-corrected chi connectivity index (χ4v) is 6.11. The van der Waals surface area contributed by atoms with Gasteiger partial charge in [0.1, 0.15) is 0 Å². The van der Waals surface area contributed by atoms with Crippen LogP contribution in [0.3, 0.4) is 0 Å². The van der Waals surface area contributed by atoms with Crippen LogP contribution in [0.25, 0.3) is 0 Å². The minimum atomic E-state index is -3.75. The van der Waals surface area contributed by atoms with E-state index in [0.717, 1.165) is 37.7 Å². The maximum absolute atomic E-state index is 12.7. The molecular weight excluding hydrogens is 396 g/mol. The van der Waals surface area contributed by atoms with Crippen LogP contribution in [0.4, 0.5) is 5.69 Å². The van der Waals surface area contributed by atoms with E-state index in [0.29, 0.717) is 11.3 Å². The Labute approximate surface area is 167 Å². The maximum atomic E-state index is 12.7. The average Bonchev–Trinajstić information content (AvgIpc) is 2.64. The predicted octanol–water partition coefficient (Wildman–Crippen LogP) is 3.72. The molecule has 28 heavy (non-hydrogen) atoms. The number of rotatable bonds is 6. The minimum absolute atomic E-state index is 0.0266. The predicted molar refractivity (Wildman–Crippen MR) is 110 cm³/mol. The van der Waals surface area contributed by atoms with Gasteiger partial charge in [-0.3, -0.25) is 4.72 Å². The van der Waals surface area contributed by atoms with Crippen LogP contribution in [0.2, 0.25) is 0 Å². The molecule has 1 aliphatic rings. The second-order valence-electron chi connectivity index (χ2n) is 7.36. The third-order valence-electron chi connectivity index (χ3n) is 4.98. The van der Waals surface area contributed by atoms with Gasteiger partial charge in [0, 0.05) is 11.7 Å². The summed E-state index contributed by atoms with van der Waals surface area (Å²) in [6, 6.07) is 11.0. The van der Waals surface area contributed by atoms with E-state index in [4.69, 9.17) is 0 Å². The Kier molecular flexibility index (Phi) is 6.12. The van der Waals surface area contributed by atoms with Crippen molar-refractivity contribution in [2.75, 3.05) is 4.72 Å². The van der Waals surface area contributed by atoms with Gasteiger partial charge in [0.05, 0.1) is 9.79 Å². The number of benzene rings is 2. The lowest BCUT2D eigenvalue weighted by atomic mass is 9.96. The van der Waals surface area contributed by atoms with Crippen molar-refractivity contribution in [3.05, 3.63) is 53.6 Å². The lowest BCUT2D eigenvalue weighted by Gasteiger charge is -2.22. The van der Waals surface area contributed by atoms with Crippen molar-refractivity contribution in [2.45, 2.75) is 61.8 Å². The molecule has 0 radical (unpaired) electrons. The quantitative estimate of drug-likeness (QED) is 0.742. The molecule has 152 valence electrons. The number of hydrogen-bond acceptors (Lipinski definition) is 4. The molecule has 2 aromatic carbocycles. The molecule has 1 aliphatic carbocycles. The van der Waals surface area contributed by atoms with Crippen LogP contribution in [0, 0.1) is 13.8 Å². The Hall–Kier alpha value is -1.90. The van der Waals surface area contributed by atoms with E-state index >= 15 is 0 Å². The molecule has 0 bridgehead atoms. The van der Waals surface area contributed by atoms with E-state index in [9.17, 15) is 16.8 Å². The first kappa shape index (κ1) is 20.8. The summed E-state index contributed by atoms with van der Waals surface area (Å²) in [6.45, 7) is 3.57. The molecule has 0 aliphatic heterocycles. The molecule has 1 saturated carbocycles. The van der Waals surface area contributed by atoms with Gasteiger partial charge in [0.25, 0.3) is 10.0 Å². The van der Waals surface area contributed by atoms with Crippen molar-refractivity contribution in [3.63, 3.8) is 0 Å². The molecule has 0 spiro atoms. The molecule has 0 heterocycles. The van der Waals surface area contributed by atoms with Gasteiger partial charge in [-0.1, -0.05) is 31.4 Å². The zero-order chi connectivity index (χ0) is 20.4. The molecule has 0 unspecified atom stereocenters. The highest BCUT2D eigenvalue weighted by molar-refractivity contribution is 7.92. The summed E-state index contributed by atoms with van der Waals surface area (Å²) in [5.74, 6) is 0. The van der Waals surface area contributed by atoms with Gasteiger partial charge in [-0.05, 0) is 68.1 Å². The number of anilines is 1. The molecule has 0 amide bonds. The summed E-state index contributed by atoms with van der Waals surface area (Å²) in [5.41, 5.74) is 1.81. The first-order valence-corrected chi connectivity index (χ1v) is 12.4. The second-order valence-corrected chi connectivity index (χ2v) is 10.7. The van der Waals surface area contributed by atoms with Crippen molar-refractivity contribution in [3.8, 4) is 0 Å². The standard InChI is InChI=1S/C20H26N2O4S2/c1-15-8-9-16(2)20(14-15)28(25,26)22-18-10-12-19(13-11-18)27(23,24)21-17-6-4-3-5-7-17/h8-14,17,21-22H,3-7H2,1-2H3. The number of sulfonamides is 2. The SMILES string of the molecule is Cc1ccc(C)c(S(=O)(=O)Nc2ccc(S(=O)(=O)NC3CCCCC3)cc2)c1. The van der Waals surface area contributed by atoms with Gasteiger partial charge in [0.15, 0.2) is 0 Å². The largest absolute Gasteiger partial charge is 0.280 e. The third-order valence-corrected chi connectivity index (χ3v) is 8.04. The van der Waals surface area contributed by atoms with E-state index in [-0.39, 0.29) is 15.8 Å². The molecular formula is C20H26N2O4S2. The van der Waals surface area contributed by atoms with E-state index in [1.165, 1.54) is 24.3 Å². The van der Waals surface area contributed by atoms with E-state index < -0.39 is 20.0 Å². The molecule has 6 nitrogen and oxygen atoms in total. The zero-order valence-electron chi connectivity index (χ0n) is 16.1. The van der Waals surface area contributed by atoms with Crippen molar-refractivity contribution < 1.29 is 16.8 Å². The Morgan fingerprint density at radius 1 is 0.821 bits per heavy atom. The van der Waals surface area contributed by atoms with Gasteiger partial charge < -0.3 is 0 Å². The Balaban J connectivity index is 1.76. The van der Waals surface area contributed by atoms with Crippen molar-refractivity contribution in [1.29, 1.82) is 0 Å². The highest BCUT2D eigenvalue weighted by Crippen LogP contribution is 2.23. The second kappa shape index (κ2) is 8.23. The molecule has 0 aromatic heterocycles. The average molecular weight is 423 g/mol. The Morgan fingerprint density at radius 2 is 1.46 bits per heavy atom. The molecule has 2 aromatic rings. The monoisotopic (exact) mass is 422 g/mol. The summed E-state index contributed by atoms with van der Waals surface area (Å²) in [7, 11) is -7.36. The highest BCUT2D eigenvalue weighted by Gasteiger charge is 2.22. The summed E-state index contributed by atoms with van der Waals surface area (Å²) < 4.78 is 55.7. The van der Waals surface area contributed by atoms with Crippen LogP contribution in [-0.2, 0) is 20.0 Å². The molecule has 0 atom stereocenters. The van der Waals surface area contributed by atoms with E-state index in [1.54, 1.807) is 19.1 Å². The number of hydrogen-bond donors (Lipinski definition) is 2. The Morgan fingerprint density at radius 3 is 2.11 bits per heavy atom. The molecule has 1 fully saturated rings. The van der Waals surface area contributed by atoms with Gasteiger partial charge in [-0.2, -0.15) is 0 Å². The topological polar surface area (TPSA) is 92.3 Å². The fraction of sp³-hybridized carbons (Fsp3) is 0.400. The Bertz CT molecular complexity index is 1040. The van der Waals surface area contributed by atoms with Crippen molar-refractivity contribution >= 4 is 25.7 Å². The lowest BCUT2D eigenvalue weighted by Crippen LogP contribution is -2.36. The summed E-state index contributed by atoms with van der Waals surface area (Å²) >= 11 is 0. The summed E-state index contributed by atoms with van der Waals surface area (Å²) in [6.07, 6.45) is 4.92. The van der Waals surface area contributed by atoms with Crippen LogP contribution in [-0.4, -0.2) is 22.9 Å². The minimum Gasteiger partial charge on any atom is -0.280 e. The summed E-state index contributed by atoms with van der Waals surface area (Å²) in [4.78, 5) is 0.343. The molecule has 8 heteroatoms. The number of aryl methyl sites for hydroxylation is 2. The maximum Gasteiger partial charge on any atom is 0.262 e. The van der Waals surface area contributed by atoms with E-state index in [1.807, 2.05) is 13.0 Å². The van der Waals surface area contributed by atoms with Gasteiger partial charge in [0.2, 0.25) is 10.0 Å². The van der Waals surface area contributed by atoms with E-state index in [2.05, 4.69) is 9.44 Å². The first-order chi connectivity index (χ1) is 13.2. The third kappa shape index (κ3) is 4.92. The van der Waals surface area contributed by atoms with Crippen LogP contribution in [0.5, 0.6) is 0 Å². The van der Waals surface area contributed by atoms with Crippen molar-refractivity contribution in [1.82, 2.24) is 4.72 Å². The van der Waals surface area contributed by atoms with Crippen molar-refractivity contribution in [2.24, 2.45) is 0 Å². The van der Waals surface area contributed by atoms with Crippen LogP contribution in [0.15, 0.2) is 52.3 Å². The van der Waals surface area contributed by atoms with Crippen LogP contribution in [0.1, 0.15) is 43.2 Å². The zero-order valence-corrected chi connectivity index (χ0v) is 17.7. The fourth-order valence-electron chi connectivity index (χ4n) is 3.42. The molecule has 2 N–H and O–H groups in total. The lowest BCUT2D eigenvalue weighted by molar-refractivity contribution is 0.412. The molecule has 3 rings (SSSR count). The van der Waals surface area contributed by atoms with Crippen LogP contribution >= 0.6 is 0 Å². The van der Waals surface area contributed by atoms with Gasteiger partial charge in [-0.15, -0.1) is 0 Å². The van der Waals surface area contributed by atoms with Crippen LogP contribution < -0.4 is 9.44 Å². The van der Waals surface area contributed by atoms with Gasteiger partial charge >= 0.3 is 0 Å². The first-order valence-electron chi connectivity index (χ1n) is 9.40.